The summed E-state index contributed by atoms with van der Waals surface area (Å²) in [5, 5.41) is 2.55. The van der Waals surface area contributed by atoms with Crippen LogP contribution in [-0.2, 0) is 9.59 Å². The maximum Gasteiger partial charge on any atom is 0.250 e. The lowest BCUT2D eigenvalue weighted by molar-refractivity contribution is -0.123. The molecule has 1 atom stereocenters. The predicted octanol–water partition coefficient (Wildman–Crippen LogP) is 1.21. The molecule has 0 spiro atoms. The molecule has 0 saturated carbocycles. The van der Waals surface area contributed by atoms with Gasteiger partial charge in [-0.2, -0.15) is 0 Å². The van der Waals surface area contributed by atoms with E-state index in [0.29, 0.717) is 12.0 Å². The maximum absolute atomic E-state index is 11.3. The van der Waals surface area contributed by atoms with Crippen molar-refractivity contribution in [1.82, 2.24) is 5.32 Å². The van der Waals surface area contributed by atoms with Crippen LogP contribution < -0.4 is 5.32 Å². The zero-order valence-corrected chi connectivity index (χ0v) is 8.76. The standard InChI is InChI=1S/C11H15NO2/c1-8(13)11(2)6-4-9(5-7-11)10(14)12-3/h4-6H,7H2,1-3H3,(H,12,14)/t11-/m0/s1. The number of nitrogens with one attached hydrogen (secondary N) is 1. The predicted molar refractivity (Wildman–Crippen MR) is 54.7 cm³/mol. The van der Waals surface area contributed by atoms with Gasteiger partial charge in [0.15, 0.2) is 0 Å². The highest BCUT2D eigenvalue weighted by molar-refractivity contribution is 5.97. The van der Waals surface area contributed by atoms with Gasteiger partial charge >= 0.3 is 0 Å². The Morgan fingerprint density at radius 1 is 1.50 bits per heavy atom. The molecule has 0 heterocycles. The first-order valence-electron chi connectivity index (χ1n) is 4.62. The summed E-state index contributed by atoms with van der Waals surface area (Å²) in [4.78, 5) is 22.5. The summed E-state index contributed by atoms with van der Waals surface area (Å²) in [5.74, 6) is 0.0211. The lowest BCUT2D eigenvalue weighted by atomic mass is 9.79. The van der Waals surface area contributed by atoms with Crippen molar-refractivity contribution in [3.63, 3.8) is 0 Å². The summed E-state index contributed by atoms with van der Waals surface area (Å²) in [6.45, 7) is 3.45. The van der Waals surface area contributed by atoms with Crippen LogP contribution in [0.1, 0.15) is 20.3 Å². The summed E-state index contributed by atoms with van der Waals surface area (Å²) < 4.78 is 0. The Morgan fingerprint density at radius 3 is 2.50 bits per heavy atom. The van der Waals surface area contributed by atoms with Crippen molar-refractivity contribution >= 4 is 11.7 Å². The minimum Gasteiger partial charge on any atom is -0.355 e. The van der Waals surface area contributed by atoms with Gasteiger partial charge in [-0.1, -0.05) is 18.2 Å². The number of carbonyl (C=O) groups is 2. The van der Waals surface area contributed by atoms with Crippen LogP contribution >= 0.6 is 0 Å². The van der Waals surface area contributed by atoms with Crippen molar-refractivity contribution in [2.24, 2.45) is 5.41 Å². The molecule has 1 aliphatic rings. The highest BCUT2D eigenvalue weighted by Crippen LogP contribution is 2.30. The number of likely N-dealkylation sites (N-methyl/N-ethyl adjacent to an activating group) is 1. The van der Waals surface area contributed by atoms with Gasteiger partial charge in [-0.15, -0.1) is 0 Å². The Hall–Kier alpha value is -1.38. The number of allylic oxidation sites excluding steroid dienone is 2. The Balaban J connectivity index is 2.80. The molecule has 0 aromatic carbocycles. The molecule has 3 nitrogen and oxygen atoms in total. The van der Waals surface area contributed by atoms with Crippen molar-refractivity contribution in [1.29, 1.82) is 0 Å². The summed E-state index contributed by atoms with van der Waals surface area (Å²) >= 11 is 0. The van der Waals surface area contributed by atoms with Gasteiger partial charge in [0.2, 0.25) is 0 Å². The number of ketones is 1. The molecule has 0 aliphatic heterocycles. The Morgan fingerprint density at radius 2 is 2.14 bits per heavy atom. The SMILES string of the molecule is CNC(=O)C1=CC[C@@](C)(C(C)=O)C=C1. The fraction of sp³-hybridized carbons (Fsp3) is 0.455. The van der Waals surface area contributed by atoms with Crippen LogP contribution in [0.5, 0.6) is 0 Å². The lowest BCUT2D eigenvalue weighted by Crippen LogP contribution is -2.27. The van der Waals surface area contributed by atoms with Crippen molar-refractivity contribution in [2.75, 3.05) is 7.05 Å². The van der Waals surface area contributed by atoms with Gasteiger partial charge in [-0.3, -0.25) is 9.59 Å². The van der Waals surface area contributed by atoms with Crippen molar-refractivity contribution < 1.29 is 9.59 Å². The van der Waals surface area contributed by atoms with E-state index < -0.39 is 5.41 Å². The quantitative estimate of drug-likeness (QED) is 0.716. The molecule has 0 fully saturated rings. The monoisotopic (exact) mass is 193 g/mol. The number of hydrogen-bond acceptors (Lipinski definition) is 2. The molecule has 1 rings (SSSR count). The zero-order chi connectivity index (χ0) is 10.8. The second kappa shape index (κ2) is 3.78. The van der Waals surface area contributed by atoms with Crippen LogP contribution in [0.3, 0.4) is 0 Å². The Labute approximate surface area is 83.9 Å². The average molecular weight is 193 g/mol. The summed E-state index contributed by atoms with van der Waals surface area (Å²) in [7, 11) is 1.59. The molecule has 1 aliphatic carbocycles. The third kappa shape index (κ3) is 1.92. The van der Waals surface area contributed by atoms with E-state index in [2.05, 4.69) is 5.32 Å². The van der Waals surface area contributed by atoms with Gasteiger partial charge in [0.1, 0.15) is 5.78 Å². The fourth-order valence-electron chi connectivity index (χ4n) is 1.31. The molecule has 76 valence electrons. The molecule has 0 saturated heterocycles. The molecular formula is C11H15NO2. The van der Waals surface area contributed by atoms with Gasteiger partial charge in [0, 0.05) is 18.0 Å². The van der Waals surface area contributed by atoms with E-state index in [1.54, 1.807) is 32.2 Å². The largest absolute Gasteiger partial charge is 0.355 e. The van der Waals surface area contributed by atoms with Gasteiger partial charge in [-0.25, -0.2) is 0 Å². The van der Waals surface area contributed by atoms with Crippen LogP contribution in [0.4, 0.5) is 0 Å². The number of amides is 1. The van der Waals surface area contributed by atoms with Crippen molar-refractivity contribution in [3.05, 3.63) is 23.8 Å². The first-order valence-corrected chi connectivity index (χ1v) is 4.62. The zero-order valence-electron chi connectivity index (χ0n) is 8.76. The Kier molecular flexibility index (Phi) is 2.89. The maximum atomic E-state index is 11.3. The number of hydrogen-bond donors (Lipinski definition) is 1. The Bertz CT molecular complexity index is 328. The fourth-order valence-corrected chi connectivity index (χ4v) is 1.31. The van der Waals surface area contributed by atoms with Crippen LogP contribution in [0.2, 0.25) is 0 Å². The van der Waals surface area contributed by atoms with E-state index >= 15 is 0 Å². The summed E-state index contributed by atoms with van der Waals surface area (Å²) in [6, 6.07) is 0. The number of carbonyl (C=O) groups excluding carboxylic acids is 2. The molecule has 0 aromatic heterocycles. The van der Waals surface area contributed by atoms with Crippen LogP contribution in [0, 0.1) is 5.41 Å². The van der Waals surface area contributed by atoms with Crippen LogP contribution in [0.15, 0.2) is 23.8 Å². The van der Waals surface area contributed by atoms with Crippen molar-refractivity contribution in [2.45, 2.75) is 20.3 Å². The van der Waals surface area contributed by atoms with Crippen molar-refractivity contribution in [3.8, 4) is 0 Å². The van der Waals surface area contributed by atoms with Crippen LogP contribution in [0.25, 0.3) is 0 Å². The highest BCUT2D eigenvalue weighted by atomic mass is 16.1. The molecule has 14 heavy (non-hydrogen) atoms. The third-order valence-corrected chi connectivity index (χ3v) is 2.67. The number of rotatable bonds is 2. The van der Waals surface area contributed by atoms with Crippen LogP contribution in [-0.4, -0.2) is 18.7 Å². The van der Waals surface area contributed by atoms with E-state index in [9.17, 15) is 9.59 Å². The first-order chi connectivity index (χ1) is 6.49. The second-order valence-corrected chi connectivity index (χ2v) is 3.75. The molecule has 1 N–H and O–H groups in total. The van der Waals surface area contributed by atoms with Gasteiger partial charge < -0.3 is 5.32 Å². The first kappa shape index (κ1) is 10.7. The normalized spacial score (nSPS) is 25.5. The lowest BCUT2D eigenvalue weighted by Gasteiger charge is -2.24. The highest BCUT2D eigenvalue weighted by Gasteiger charge is 2.28. The van der Waals surface area contributed by atoms with E-state index in [-0.39, 0.29) is 11.7 Å². The smallest absolute Gasteiger partial charge is 0.250 e. The van der Waals surface area contributed by atoms with E-state index in [1.807, 2.05) is 6.92 Å². The molecule has 0 aromatic rings. The summed E-state index contributed by atoms with van der Waals surface area (Å²) in [5.41, 5.74) is 0.198. The number of Topliss-reactive ketones (excluding diaryl/α,β-unsaturated/α-hetero) is 1. The minimum absolute atomic E-state index is 0.105. The topological polar surface area (TPSA) is 46.2 Å². The molecule has 0 bridgehead atoms. The minimum atomic E-state index is -0.433. The van der Waals surface area contributed by atoms with E-state index in [1.165, 1.54) is 0 Å². The third-order valence-electron chi connectivity index (χ3n) is 2.67. The van der Waals surface area contributed by atoms with E-state index in [4.69, 9.17) is 0 Å². The second-order valence-electron chi connectivity index (χ2n) is 3.75. The summed E-state index contributed by atoms with van der Waals surface area (Å²) in [6.07, 6.45) is 5.92. The molecule has 1 amide bonds. The molecule has 0 radical (unpaired) electrons. The van der Waals surface area contributed by atoms with Gasteiger partial charge in [0.05, 0.1) is 0 Å². The molecule has 3 heteroatoms. The van der Waals surface area contributed by atoms with Gasteiger partial charge in [-0.05, 0) is 20.3 Å². The molecule has 0 unspecified atom stereocenters. The average Bonchev–Trinajstić information content (AvgIpc) is 2.17. The van der Waals surface area contributed by atoms with Gasteiger partial charge in [0.25, 0.3) is 5.91 Å². The molecular weight excluding hydrogens is 178 g/mol. The van der Waals surface area contributed by atoms with E-state index in [0.717, 1.165) is 0 Å².